The Kier molecular flexibility index (Phi) is 4.45. The lowest BCUT2D eigenvalue weighted by Crippen LogP contribution is -2.22. The Hall–Kier alpha value is -0.120. The molecule has 2 rings (SSSR count). The number of nitrogens with one attached hydrogen (secondary N) is 1. The topological polar surface area (TPSA) is 12.0 Å². The number of halogens is 3. The van der Waals surface area contributed by atoms with Crippen LogP contribution in [0, 0.1) is 5.82 Å². The number of fused-ring (bicyclic) bond motifs is 1. The third-order valence-corrected chi connectivity index (χ3v) is 4.54. The van der Waals surface area contributed by atoms with Gasteiger partial charge >= 0.3 is 0 Å². The molecule has 0 radical (unpaired) electrons. The van der Waals surface area contributed by atoms with Gasteiger partial charge in [0.1, 0.15) is 5.82 Å². The van der Waals surface area contributed by atoms with Crippen LogP contribution in [0.4, 0.5) is 4.39 Å². The first kappa shape index (κ1) is 13.3. The van der Waals surface area contributed by atoms with Crippen molar-refractivity contribution in [2.24, 2.45) is 0 Å². The van der Waals surface area contributed by atoms with Crippen molar-refractivity contribution < 1.29 is 4.39 Å². The normalized spacial score (nSPS) is 19.9. The molecule has 0 amide bonds. The van der Waals surface area contributed by atoms with Gasteiger partial charge in [-0.3, -0.25) is 0 Å². The zero-order valence-electron chi connectivity index (χ0n) is 9.82. The van der Waals surface area contributed by atoms with E-state index < -0.39 is 0 Å². The second-order valence-electron chi connectivity index (χ2n) is 4.40. The van der Waals surface area contributed by atoms with Crippen LogP contribution in [0.25, 0.3) is 0 Å². The summed E-state index contributed by atoms with van der Waals surface area (Å²) in [6.07, 6.45) is 3.95. The van der Waals surface area contributed by atoms with Gasteiger partial charge in [0, 0.05) is 10.5 Å². The number of hydrogen-bond acceptors (Lipinski definition) is 1. The largest absolute Gasteiger partial charge is 0.310 e. The molecule has 1 N–H and O–H groups in total. The lowest BCUT2D eigenvalue weighted by molar-refractivity contribution is 0.503. The molecule has 1 unspecified atom stereocenters. The van der Waals surface area contributed by atoms with Crippen molar-refractivity contribution in [3.8, 4) is 0 Å². The summed E-state index contributed by atoms with van der Waals surface area (Å²) in [4.78, 5) is 0. The van der Waals surface area contributed by atoms with E-state index in [1.54, 1.807) is 0 Å². The van der Waals surface area contributed by atoms with E-state index in [9.17, 15) is 4.39 Å². The average Bonchev–Trinajstić information content (AvgIpc) is 2.50. The summed E-state index contributed by atoms with van der Waals surface area (Å²) in [7, 11) is 0. The predicted molar refractivity (Wildman–Crippen MR) is 73.1 cm³/mol. The summed E-state index contributed by atoms with van der Waals surface area (Å²) in [6, 6.07) is 1.66. The smallest absolute Gasteiger partial charge is 0.127 e. The molecular weight excluding hydrogens is 305 g/mol. The molecule has 0 heterocycles. The molecule has 0 spiro atoms. The van der Waals surface area contributed by atoms with Crippen molar-refractivity contribution in [2.45, 2.75) is 38.6 Å². The van der Waals surface area contributed by atoms with E-state index in [1.807, 2.05) is 0 Å². The Morgan fingerprint density at radius 2 is 2.29 bits per heavy atom. The first-order valence-electron chi connectivity index (χ1n) is 6.04. The van der Waals surface area contributed by atoms with Crippen LogP contribution in [0.2, 0.25) is 5.02 Å². The lowest BCUT2D eigenvalue weighted by atomic mass is 9.98. The average molecular weight is 321 g/mol. The van der Waals surface area contributed by atoms with E-state index in [1.165, 1.54) is 6.07 Å². The van der Waals surface area contributed by atoms with Crippen molar-refractivity contribution in [1.29, 1.82) is 0 Å². The Morgan fingerprint density at radius 1 is 1.53 bits per heavy atom. The van der Waals surface area contributed by atoms with Gasteiger partial charge in [-0.2, -0.15) is 0 Å². The van der Waals surface area contributed by atoms with Crippen LogP contribution in [-0.4, -0.2) is 6.54 Å². The van der Waals surface area contributed by atoms with Crippen molar-refractivity contribution >= 4 is 27.5 Å². The van der Waals surface area contributed by atoms with Gasteiger partial charge in [-0.05, 0) is 58.9 Å². The van der Waals surface area contributed by atoms with Gasteiger partial charge < -0.3 is 5.32 Å². The van der Waals surface area contributed by atoms with E-state index in [-0.39, 0.29) is 11.9 Å². The molecule has 0 bridgehead atoms. The highest BCUT2D eigenvalue weighted by Crippen LogP contribution is 2.39. The van der Waals surface area contributed by atoms with Crippen LogP contribution < -0.4 is 5.32 Å². The standard InChI is InChI=1S/C13H16BrClFN/c1-2-17-11-6-4-3-5-8-10(16)7-9(14)13(15)12(8)11/h7,11,17H,2-6H2,1H3. The summed E-state index contributed by atoms with van der Waals surface area (Å²) in [5, 5.41) is 4.07. The molecule has 4 heteroatoms. The SMILES string of the molecule is CCNC1CCCCc2c(F)cc(Br)c(Cl)c21. The lowest BCUT2D eigenvalue weighted by Gasteiger charge is -2.21. The Bertz CT molecular complexity index is 422. The van der Waals surface area contributed by atoms with Crippen LogP contribution in [-0.2, 0) is 6.42 Å². The molecule has 1 nitrogen and oxygen atoms in total. The second-order valence-corrected chi connectivity index (χ2v) is 5.63. The van der Waals surface area contributed by atoms with E-state index in [0.29, 0.717) is 9.50 Å². The zero-order valence-corrected chi connectivity index (χ0v) is 12.2. The third-order valence-electron chi connectivity index (χ3n) is 3.28. The number of benzene rings is 1. The van der Waals surface area contributed by atoms with Gasteiger partial charge in [0.2, 0.25) is 0 Å². The number of rotatable bonds is 2. The monoisotopic (exact) mass is 319 g/mol. The fourth-order valence-corrected chi connectivity index (χ4v) is 3.23. The van der Waals surface area contributed by atoms with Crippen LogP contribution in [0.3, 0.4) is 0 Å². The van der Waals surface area contributed by atoms with E-state index in [4.69, 9.17) is 11.6 Å². The van der Waals surface area contributed by atoms with Crippen molar-refractivity contribution in [1.82, 2.24) is 5.32 Å². The minimum Gasteiger partial charge on any atom is -0.310 e. The minimum atomic E-state index is -0.138. The Balaban J connectivity index is 2.54. The van der Waals surface area contributed by atoms with Gasteiger partial charge in [0.05, 0.1) is 5.02 Å². The van der Waals surface area contributed by atoms with E-state index in [0.717, 1.165) is 43.4 Å². The Morgan fingerprint density at radius 3 is 3.00 bits per heavy atom. The molecule has 1 aliphatic rings. The summed E-state index contributed by atoms with van der Waals surface area (Å²) in [5.41, 5.74) is 1.75. The molecule has 1 aliphatic carbocycles. The highest BCUT2D eigenvalue weighted by atomic mass is 79.9. The maximum Gasteiger partial charge on any atom is 0.127 e. The summed E-state index contributed by atoms with van der Waals surface area (Å²) in [5.74, 6) is -0.138. The first-order valence-corrected chi connectivity index (χ1v) is 7.22. The predicted octanol–water partition coefficient (Wildman–Crippen LogP) is 4.62. The molecule has 1 aromatic carbocycles. The zero-order chi connectivity index (χ0) is 12.4. The summed E-state index contributed by atoms with van der Waals surface area (Å²) < 4.78 is 14.6. The van der Waals surface area contributed by atoms with E-state index in [2.05, 4.69) is 28.2 Å². The summed E-state index contributed by atoms with van der Waals surface area (Å²) in [6.45, 7) is 2.93. The van der Waals surface area contributed by atoms with Crippen LogP contribution in [0.5, 0.6) is 0 Å². The highest BCUT2D eigenvalue weighted by molar-refractivity contribution is 9.10. The minimum absolute atomic E-state index is 0.138. The van der Waals surface area contributed by atoms with Crippen molar-refractivity contribution in [2.75, 3.05) is 6.54 Å². The van der Waals surface area contributed by atoms with Gasteiger partial charge in [-0.25, -0.2) is 4.39 Å². The number of hydrogen-bond donors (Lipinski definition) is 1. The fourth-order valence-electron chi connectivity index (χ4n) is 2.51. The molecule has 0 fully saturated rings. The van der Waals surface area contributed by atoms with Crippen LogP contribution >= 0.6 is 27.5 Å². The molecule has 0 saturated heterocycles. The second kappa shape index (κ2) is 5.68. The highest BCUT2D eigenvalue weighted by Gasteiger charge is 2.24. The van der Waals surface area contributed by atoms with E-state index >= 15 is 0 Å². The van der Waals surface area contributed by atoms with Gasteiger partial charge in [-0.1, -0.05) is 24.9 Å². The quantitative estimate of drug-likeness (QED) is 0.619. The Labute approximate surface area is 115 Å². The van der Waals surface area contributed by atoms with Gasteiger partial charge in [-0.15, -0.1) is 0 Å². The van der Waals surface area contributed by atoms with Crippen LogP contribution in [0.15, 0.2) is 10.5 Å². The molecule has 0 aliphatic heterocycles. The van der Waals surface area contributed by atoms with Crippen molar-refractivity contribution in [3.63, 3.8) is 0 Å². The third kappa shape index (κ3) is 2.67. The molecule has 1 aromatic rings. The molecule has 17 heavy (non-hydrogen) atoms. The van der Waals surface area contributed by atoms with Crippen LogP contribution in [0.1, 0.15) is 43.4 Å². The molecule has 0 saturated carbocycles. The van der Waals surface area contributed by atoms with Gasteiger partial charge in [0.25, 0.3) is 0 Å². The van der Waals surface area contributed by atoms with Gasteiger partial charge in [0.15, 0.2) is 0 Å². The maximum absolute atomic E-state index is 14.0. The molecule has 0 aromatic heterocycles. The maximum atomic E-state index is 14.0. The first-order chi connectivity index (χ1) is 8.15. The molecule has 94 valence electrons. The molecule has 1 atom stereocenters. The van der Waals surface area contributed by atoms with Crippen molar-refractivity contribution in [3.05, 3.63) is 32.5 Å². The summed E-state index contributed by atoms with van der Waals surface area (Å²) >= 11 is 9.66. The molecular formula is C13H16BrClFN. The fraction of sp³-hybridized carbons (Fsp3) is 0.538.